The van der Waals surface area contributed by atoms with E-state index in [9.17, 15) is 13.2 Å². The van der Waals surface area contributed by atoms with Gasteiger partial charge in [0.2, 0.25) is 10.0 Å². The highest BCUT2D eigenvalue weighted by Crippen LogP contribution is 2.37. The quantitative estimate of drug-likeness (QED) is 0.363. The molecule has 2 aromatic heterocycles. The van der Waals surface area contributed by atoms with Gasteiger partial charge >= 0.3 is 5.91 Å². The van der Waals surface area contributed by atoms with Gasteiger partial charge in [-0.1, -0.05) is 51.4 Å². The van der Waals surface area contributed by atoms with Gasteiger partial charge < -0.3 is 9.73 Å². The van der Waals surface area contributed by atoms with E-state index in [-0.39, 0.29) is 22.7 Å². The Bertz CT molecular complexity index is 1430. The van der Waals surface area contributed by atoms with E-state index in [1.165, 1.54) is 25.7 Å². The van der Waals surface area contributed by atoms with Crippen LogP contribution in [-0.4, -0.2) is 35.9 Å². The summed E-state index contributed by atoms with van der Waals surface area (Å²) in [6.07, 6.45) is 15.3. The van der Waals surface area contributed by atoms with Crippen molar-refractivity contribution in [3.05, 3.63) is 42.2 Å². The zero-order valence-electron chi connectivity index (χ0n) is 23.3. The molecule has 1 amide bonds. The summed E-state index contributed by atoms with van der Waals surface area (Å²) in [5.41, 5.74) is 0.847. The van der Waals surface area contributed by atoms with Gasteiger partial charge in [-0.15, -0.1) is 0 Å². The molecule has 0 aliphatic heterocycles. The molecule has 0 saturated heterocycles. The van der Waals surface area contributed by atoms with E-state index in [1.54, 1.807) is 30.6 Å². The SMILES string of the molecule is CC(C)(C)NS(=O)(=O)c1ccc(-c2oc(C(=O)NC3CCCCC3)nc2CC2CCCCC2)c2ccncc12. The topological polar surface area (TPSA) is 114 Å². The van der Waals surface area contributed by atoms with Crippen molar-refractivity contribution in [2.24, 2.45) is 5.92 Å². The number of benzene rings is 1. The lowest BCUT2D eigenvalue weighted by atomic mass is 9.85. The van der Waals surface area contributed by atoms with Gasteiger partial charge in [-0.3, -0.25) is 9.78 Å². The zero-order chi connectivity index (χ0) is 27.6. The lowest BCUT2D eigenvalue weighted by Gasteiger charge is -2.22. The number of nitrogens with zero attached hydrogens (tertiary/aromatic N) is 2. The smallest absolute Gasteiger partial charge is 0.307 e. The number of pyridine rings is 1. The van der Waals surface area contributed by atoms with E-state index < -0.39 is 15.6 Å². The van der Waals surface area contributed by atoms with E-state index in [4.69, 9.17) is 9.40 Å². The van der Waals surface area contributed by atoms with Crippen LogP contribution in [0.5, 0.6) is 0 Å². The summed E-state index contributed by atoms with van der Waals surface area (Å²) >= 11 is 0. The minimum atomic E-state index is -3.80. The van der Waals surface area contributed by atoms with Crippen LogP contribution in [0.1, 0.15) is 101 Å². The highest BCUT2D eigenvalue weighted by atomic mass is 32.2. The second kappa shape index (κ2) is 11.4. The van der Waals surface area contributed by atoms with Gasteiger partial charge in [-0.25, -0.2) is 18.1 Å². The number of rotatable bonds is 7. The predicted octanol–water partition coefficient (Wildman–Crippen LogP) is 6.15. The summed E-state index contributed by atoms with van der Waals surface area (Å²) in [6, 6.07) is 5.32. The molecular formula is C30H40N4O4S. The standard InChI is InChI=1S/C30H40N4O4S/c1-30(2,3)34-39(36,37)26-15-14-23(22-16-17-31-19-24(22)26)27-25(18-20-10-6-4-7-11-20)33-29(38-27)28(35)32-21-12-8-5-9-13-21/h14-17,19-21,34H,4-13,18H2,1-3H3,(H,32,35). The Hall–Kier alpha value is -2.78. The monoisotopic (exact) mass is 552 g/mol. The van der Waals surface area contributed by atoms with Gasteiger partial charge in [0.05, 0.1) is 10.6 Å². The van der Waals surface area contributed by atoms with Crippen molar-refractivity contribution in [3.8, 4) is 11.3 Å². The minimum Gasteiger partial charge on any atom is -0.432 e. The molecule has 0 spiro atoms. The third-order valence-electron chi connectivity index (χ3n) is 7.79. The van der Waals surface area contributed by atoms with Crippen LogP contribution in [0.3, 0.4) is 0 Å². The second-order valence-corrected chi connectivity index (χ2v) is 13.9. The number of fused-ring (bicyclic) bond motifs is 1. The van der Waals surface area contributed by atoms with Crippen LogP contribution >= 0.6 is 0 Å². The van der Waals surface area contributed by atoms with Gasteiger partial charge in [0.25, 0.3) is 5.89 Å². The Balaban J connectivity index is 1.56. The van der Waals surface area contributed by atoms with Crippen molar-refractivity contribution in [2.75, 3.05) is 0 Å². The molecule has 2 aliphatic rings. The highest BCUT2D eigenvalue weighted by Gasteiger charge is 2.29. The first-order valence-corrected chi connectivity index (χ1v) is 15.8. The fourth-order valence-corrected chi connectivity index (χ4v) is 7.63. The molecule has 2 saturated carbocycles. The van der Waals surface area contributed by atoms with Gasteiger partial charge in [-0.05, 0) is 69.5 Å². The Kier molecular flexibility index (Phi) is 8.10. The van der Waals surface area contributed by atoms with Crippen molar-refractivity contribution < 1.29 is 17.6 Å². The number of oxazole rings is 1. The van der Waals surface area contributed by atoms with Crippen molar-refractivity contribution in [3.63, 3.8) is 0 Å². The molecule has 210 valence electrons. The molecule has 8 nitrogen and oxygen atoms in total. The summed E-state index contributed by atoms with van der Waals surface area (Å²) in [4.78, 5) is 22.4. The van der Waals surface area contributed by atoms with Crippen LogP contribution < -0.4 is 10.0 Å². The molecule has 5 rings (SSSR count). The molecule has 1 aromatic carbocycles. The Labute approximate surface area is 231 Å². The number of nitrogens with one attached hydrogen (secondary N) is 2. The number of hydrogen-bond acceptors (Lipinski definition) is 6. The van der Waals surface area contributed by atoms with Crippen molar-refractivity contribution >= 4 is 26.7 Å². The Morgan fingerprint density at radius 2 is 1.67 bits per heavy atom. The zero-order valence-corrected chi connectivity index (χ0v) is 24.1. The number of carbonyl (C=O) groups is 1. The van der Waals surface area contributed by atoms with Gasteiger partial charge in [0.15, 0.2) is 5.76 Å². The van der Waals surface area contributed by atoms with E-state index in [1.807, 2.05) is 20.8 Å². The average Bonchev–Trinajstić information content (AvgIpc) is 3.31. The molecule has 39 heavy (non-hydrogen) atoms. The summed E-state index contributed by atoms with van der Waals surface area (Å²) < 4.78 is 35.6. The number of hydrogen-bond donors (Lipinski definition) is 2. The molecule has 2 heterocycles. The van der Waals surface area contributed by atoms with Crippen LogP contribution in [0, 0.1) is 5.92 Å². The molecule has 3 aromatic rings. The first-order chi connectivity index (χ1) is 18.6. The van der Waals surface area contributed by atoms with Crippen LogP contribution in [0.2, 0.25) is 0 Å². The average molecular weight is 553 g/mol. The fourth-order valence-electron chi connectivity index (χ4n) is 6.01. The molecule has 2 N–H and O–H groups in total. The summed E-state index contributed by atoms with van der Waals surface area (Å²) in [5.74, 6) is 0.825. The molecule has 2 aliphatic carbocycles. The van der Waals surface area contributed by atoms with E-state index in [2.05, 4.69) is 15.0 Å². The van der Waals surface area contributed by atoms with Crippen LogP contribution in [0.4, 0.5) is 0 Å². The van der Waals surface area contributed by atoms with Crippen molar-refractivity contribution in [1.29, 1.82) is 0 Å². The van der Waals surface area contributed by atoms with Crippen LogP contribution in [0.15, 0.2) is 39.9 Å². The minimum absolute atomic E-state index is 0.0784. The van der Waals surface area contributed by atoms with Gasteiger partial charge in [-0.2, -0.15) is 0 Å². The largest absolute Gasteiger partial charge is 0.432 e. The van der Waals surface area contributed by atoms with Crippen LogP contribution in [-0.2, 0) is 16.4 Å². The maximum absolute atomic E-state index is 13.3. The highest BCUT2D eigenvalue weighted by molar-refractivity contribution is 7.89. The fraction of sp³-hybridized carbons (Fsp3) is 0.567. The van der Waals surface area contributed by atoms with Gasteiger partial charge in [0.1, 0.15) is 0 Å². The van der Waals surface area contributed by atoms with E-state index in [0.717, 1.165) is 56.2 Å². The van der Waals surface area contributed by atoms with Gasteiger partial charge in [0, 0.05) is 34.9 Å². The number of aromatic nitrogens is 2. The third-order valence-corrected chi connectivity index (χ3v) is 9.61. The molecule has 0 radical (unpaired) electrons. The first kappa shape index (κ1) is 27.8. The lowest BCUT2D eigenvalue weighted by Crippen LogP contribution is -2.40. The van der Waals surface area contributed by atoms with Crippen molar-refractivity contribution in [1.82, 2.24) is 20.0 Å². The summed E-state index contributed by atoms with van der Waals surface area (Å²) in [6.45, 7) is 5.43. The lowest BCUT2D eigenvalue weighted by molar-refractivity contribution is 0.0893. The molecule has 9 heteroatoms. The Morgan fingerprint density at radius 3 is 2.36 bits per heavy atom. The number of amides is 1. The molecule has 2 fully saturated rings. The van der Waals surface area contributed by atoms with E-state index in [0.29, 0.717) is 22.5 Å². The third kappa shape index (κ3) is 6.52. The Morgan fingerprint density at radius 1 is 0.974 bits per heavy atom. The normalized spacial score (nSPS) is 17.9. The molecule has 0 unspecified atom stereocenters. The second-order valence-electron chi connectivity index (χ2n) is 12.2. The summed E-state index contributed by atoms with van der Waals surface area (Å²) in [5, 5.41) is 4.32. The van der Waals surface area contributed by atoms with Crippen LogP contribution in [0.25, 0.3) is 22.1 Å². The number of sulfonamides is 1. The van der Waals surface area contributed by atoms with E-state index >= 15 is 0 Å². The summed E-state index contributed by atoms with van der Waals surface area (Å²) in [7, 11) is -3.80. The molecule has 0 bridgehead atoms. The molecular weight excluding hydrogens is 512 g/mol. The van der Waals surface area contributed by atoms with Crippen molar-refractivity contribution in [2.45, 2.75) is 108 Å². The maximum Gasteiger partial charge on any atom is 0.307 e. The number of carbonyl (C=O) groups excluding carboxylic acids is 1. The first-order valence-electron chi connectivity index (χ1n) is 14.3. The molecule has 0 atom stereocenters. The predicted molar refractivity (Wildman–Crippen MR) is 152 cm³/mol. The maximum atomic E-state index is 13.3.